The number of amides is 1. The highest BCUT2D eigenvalue weighted by Crippen LogP contribution is 2.20. The van der Waals surface area contributed by atoms with Crippen LogP contribution in [-0.2, 0) is 15.0 Å². The average Bonchev–Trinajstić information content (AvgIpc) is 2.82. The first-order valence-electron chi connectivity index (χ1n) is 6.52. The second-order valence-corrected chi connectivity index (χ2v) is 6.94. The van der Waals surface area contributed by atoms with Crippen LogP contribution in [0.2, 0.25) is 0 Å². The maximum absolute atomic E-state index is 12.4. The second-order valence-electron chi connectivity index (χ2n) is 5.01. The van der Waals surface area contributed by atoms with Crippen LogP contribution in [0.5, 0.6) is 0 Å². The Morgan fingerprint density at radius 3 is 2.33 bits per heavy atom. The van der Waals surface area contributed by atoms with Gasteiger partial charge in [0.25, 0.3) is 10.2 Å². The Bertz CT molecular complexity index is 404. The van der Waals surface area contributed by atoms with Crippen molar-refractivity contribution in [2.45, 2.75) is 38.6 Å². The fraction of sp³-hybridized carbons (Fsp3) is 0.909. The minimum atomic E-state index is -3.32. The van der Waals surface area contributed by atoms with E-state index in [9.17, 15) is 13.2 Å². The van der Waals surface area contributed by atoms with Gasteiger partial charge in [-0.25, -0.2) is 0 Å². The molecule has 104 valence electrons. The van der Waals surface area contributed by atoms with Crippen LogP contribution in [0.3, 0.4) is 0 Å². The second kappa shape index (κ2) is 5.54. The molecule has 2 aliphatic heterocycles. The summed E-state index contributed by atoms with van der Waals surface area (Å²) in [6.45, 7) is 3.69. The third kappa shape index (κ3) is 3.02. The molecule has 1 atom stereocenters. The molecule has 7 heteroatoms. The summed E-state index contributed by atoms with van der Waals surface area (Å²) in [5.41, 5.74) is 0. The van der Waals surface area contributed by atoms with E-state index in [0.717, 1.165) is 25.7 Å². The molecular formula is C11H21N3O3S. The van der Waals surface area contributed by atoms with Crippen molar-refractivity contribution in [3.8, 4) is 0 Å². The van der Waals surface area contributed by atoms with Gasteiger partial charge in [0.1, 0.15) is 0 Å². The Morgan fingerprint density at radius 2 is 1.72 bits per heavy atom. The van der Waals surface area contributed by atoms with Crippen LogP contribution in [0.25, 0.3) is 0 Å². The summed E-state index contributed by atoms with van der Waals surface area (Å²) in [7, 11) is -3.32. The maximum Gasteiger partial charge on any atom is 0.282 e. The molecule has 0 aromatic carbocycles. The number of carbonyl (C=O) groups is 1. The molecule has 2 aliphatic rings. The normalized spacial score (nSPS) is 27.3. The lowest BCUT2D eigenvalue weighted by Crippen LogP contribution is -2.52. The lowest BCUT2D eigenvalue weighted by molar-refractivity contribution is -0.119. The minimum Gasteiger partial charge on any atom is -0.352 e. The highest BCUT2D eigenvalue weighted by atomic mass is 32.2. The highest BCUT2D eigenvalue weighted by molar-refractivity contribution is 7.86. The number of rotatable bonds is 3. The molecule has 2 heterocycles. The van der Waals surface area contributed by atoms with Crippen LogP contribution in [0.1, 0.15) is 32.6 Å². The highest BCUT2D eigenvalue weighted by Gasteiger charge is 2.34. The van der Waals surface area contributed by atoms with Crippen LogP contribution in [0.15, 0.2) is 0 Å². The van der Waals surface area contributed by atoms with E-state index >= 15 is 0 Å². The molecule has 6 nitrogen and oxygen atoms in total. The quantitative estimate of drug-likeness (QED) is 0.783. The van der Waals surface area contributed by atoms with Gasteiger partial charge in [0.15, 0.2) is 0 Å². The largest absolute Gasteiger partial charge is 0.352 e. The van der Waals surface area contributed by atoms with Crippen molar-refractivity contribution in [1.29, 1.82) is 0 Å². The number of nitrogens with zero attached hydrogens (tertiary/aromatic N) is 2. The van der Waals surface area contributed by atoms with Gasteiger partial charge in [-0.15, -0.1) is 0 Å². The molecule has 0 spiro atoms. The van der Waals surface area contributed by atoms with Crippen molar-refractivity contribution in [2.24, 2.45) is 0 Å². The molecule has 0 bridgehead atoms. The van der Waals surface area contributed by atoms with Crippen LogP contribution >= 0.6 is 0 Å². The Hall–Kier alpha value is -0.660. The zero-order valence-corrected chi connectivity index (χ0v) is 11.6. The number of hydrogen-bond donors (Lipinski definition) is 1. The van der Waals surface area contributed by atoms with E-state index in [0.29, 0.717) is 26.2 Å². The van der Waals surface area contributed by atoms with Crippen LogP contribution in [-0.4, -0.2) is 55.2 Å². The molecule has 0 aliphatic carbocycles. The molecule has 1 amide bonds. The molecule has 0 saturated carbocycles. The first-order chi connectivity index (χ1) is 8.50. The summed E-state index contributed by atoms with van der Waals surface area (Å²) in [6, 6.07) is -0.0476. The van der Waals surface area contributed by atoms with Gasteiger partial charge < -0.3 is 5.32 Å². The standard InChI is InChI=1S/C11H21N3O3S/c1-10(15)12-11-5-4-8-14(9-11)18(16,17)13-6-2-3-7-13/h11H,2-9H2,1H3,(H,12,15)/t11-/m0/s1. The number of nitrogens with one attached hydrogen (secondary N) is 1. The van der Waals surface area contributed by atoms with Crippen molar-refractivity contribution in [1.82, 2.24) is 13.9 Å². The third-order valence-corrected chi connectivity index (χ3v) is 5.51. The van der Waals surface area contributed by atoms with E-state index in [1.54, 1.807) is 4.31 Å². The zero-order chi connectivity index (χ0) is 13.2. The van der Waals surface area contributed by atoms with Crippen molar-refractivity contribution in [2.75, 3.05) is 26.2 Å². The van der Waals surface area contributed by atoms with Gasteiger partial charge in [0.05, 0.1) is 0 Å². The molecule has 0 radical (unpaired) electrons. The van der Waals surface area contributed by atoms with Gasteiger partial charge in [-0.05, 0) is 25.7 Å². The number of carbonyl (C=O) groups excluding carboxylic acids is 1. The van der Waals surface area contributed by atoms with Crippen LogP contribution < -0.4 is 5.32 Å². The summed E-state index contributed by atoms with van der Waals surface area (Å²) < 4.78 is 27.8. The smallest absolute Gasteiger partial charge is 0.282 e. The first kappa shape index (κ1) is 13.8. The van der Waals surface area contributed by atoms with Crippen LogP contribution in [0.4, 0.5) is 0 Å². The molecule has 18 heavy (non-hydrogen) atoms. The van der Waals surface area contributed by atoms with Crippen molar-refractivity contribution < 1.29 is 13.2 Å². The van der Waals surface area contributed by atoms with E-state index in [1.807, 2.05) is 0 Å². The van der Waals surface area contributed by atoms with E-state index < -0.39 is 10.2 Å². The molecule has 0 aromatic heterocycles. The van der Waals surface area contributed by atoms with Gasteiger partial charge in [0.2, 0.25) is 5.91 Å². The van der Waals surface area contributed by atoms with Gasteiger partial charge >= 0.3 is 0 Å². The Kier molecular flexibility index (Phi) is 4.24. The Balaban J connectivity index is 2.01. The molecular weight excluding hydrogens is 254 g/mol. The predicted molar refractivity (Wildman–Crippen MR) is 68.1 cm³/mol. The molecule has 1 N–H and O–H groups in total. The fourth-order valence-corrected chi connectivity index (χ4v) is 4.41. The molecule has 0 unspecified atom stereocenters. The van der Waals surface area contributed by atoms with E-state index in [-0.39, 0.29) is 11.9 Å². The molecule has 0 aromatic rings. The summed E-state index contributed by atoms with van der Waals surface area (Å²) in [4.78, 5) is 11.0. The number of hydrogen-bond acceptors (Lipinski definition) is 3. The topological polar surface area (TPSA) is 69.7 Å². The molecule has 2 saturated heterocycles. The van der Waals surface area contributed by atoms with E-state index in [4.69, 9.17) is 0 Å². The van der Waals surface area contributed by atoms with Crippen molar-refractivity contribution in [3.05, 3.63) is 0 Å². The first-order valence-corrected chi connectivity index (χ1v) is 7.92. The fourth-order valence-electron chi connectivity index (χ4n) is 2.64. The summed E-state index contributed by atoms with van der Waals surface area (Å²) >= 11 is 0. The number of piperidine rings is 1. The SMILES string of the molecule is CC(=O)N[C@H]1CCCN(S(=O)(=O)N2CCCC2)C1. The monoisotopic (exact) mass is 275 g/mol. The molecule has 2 rings (SSSR count). The molecule has 2 fully saturated rings. The average molecular weight is 275 g/mol. The lowest BCUT2D eigenvalue weighted by atomic mass is 10.1. The van der Waals surface area contributed by atoms with Gasteiger partial charge in [-0.1, -0.05) is 0 Å². The van der Waals surface area contributed by atoms with E-state index in [2.05, 4.69) is 5.32 Å². The van der Waals surface area contributed by atoms with Gasteiger partial charge in [-0.2, -0.15) is 17.0 Å². The maximum atomic E-state index is 12.4. The summed E-state index contributed by atoms with van der Waals surface area (Å²) in [5, 5.41) is 2.81. The van der Waals surface area contributed by atoms with Gasteiger partial charge in [0, 0.05) is 39.1 Å². The van der Waals surface area contributed by atoms with E-state index in [1.165, 1.54) is 11.2 Å². The lowest BCUT2D eigenvalue weighted by Gasteiger charge is -2.34. The summed E-state index contributed by atoms with van der Waals surface area (Å²) in [6.07, 6.45) is 3.55. The van der Waals surface area contributed by atoms with Gasteiger partial charge in [-0.3, -0.25) is 4.79 Å². The predicted octanol–water partition coefficient (Wildman–Crippen LogP) is -0.0725. The minimum absolute atomic E-state index is 0.0476. The van der Waals surface area contributed by atoms with Crippen molar-refractivity contribution in [3.63, 3.8) is 0 Å². The zero-order valence-electron chi connectivity index (χ0n) is 10.8. The van der Waals surface area contributed by atoms with Crippen LogP contribution in [0, 0.1) is 0 Å². The summed E-state index contributed by atoms with van der Waals surface area (Å²) in [5.74, 6) is -0.0968. The Morgan fingerprint density at radius 1 is 1.11 bits per heavy atom. The Labute approximate surface area is 109 Å². The van der Waals surface area contributed by atoms with Crippen molar-refractivity contribution >= 4 is 16.1 Å². The third-order valence-electron chi connectivity index (χ3n) is 3.51.